The first-order chi connectivity index (χ1) is 8.07. The van der Waals surface area contributed by atoms with Gasteiger partial charge in [-0.3, -0.25) is 0 Å². The van der Waals surface area contributed by atoms with Crippen LogP contribution in [0.5, 0.6) is 0 Å². The van der Waals surface area contributed by atoms with Gasteiger partial charge in [-0.25, -0.2) is 0 Å². The number of hydrogen-bond donors (Lipinski definition) is 4. The zero-order chi connectivity index (χ0) is 14.1. The summed E-state index contributed by atoms with van der Waals surface area (Å²) in [5.74, 6) is 0. The molecule has 1 aliphatic rings. The Balaban J connectivity index is 2.70. The molecule has 0 aromatic rings. The summed E-state index contributed by atoms with van der Waals surface area (Å²) in [6, 6.07) is 0. The second-order valence-corrected chi connectivity index (χ2v) is 6.79. The van der Waals surface area contributed by atoms with Gasteiger partial charge in [-0.05, 0) is 0 Å². The molecule has 0 spiro atoms. The van der Waals surface area contributed by atoms with Crippen LogP contribution in [-0.4, -0.2) is 44.4 Å². The third-order valence-electron chi connectivity index (χ3n) is 1.31. The minimum absolute atomic E-state index is 0.812. The normalized spacial score (nSPS) is 27.2. The molecular weight excluding hydrogens is 304 g/mol. The standard InChI is InChI=1S/C3H9NO12P2/c5-1-3(6)2-12-17(9,13-4(7)8)16-18(10,11)14-15-18/h3,5-6,10-11H,1-2H2. The first kappa shape index (κ1) is 15.6. The minimum atomic E-state index is -5.62. The van der Waals surface area contributed by atoms with E-state index in [0.717, 1.165) is 0 Å². The van der Waals surface area contributed by atoms with Crippen LogP contribution in [0.1, 0.15) is 0 Å². The van der Waals surface area contributed by atoms with Crippen molar-refractivity contribution in [3.63, 3.8) is 0 Å². The van der Waals surface area contributed by atoms with Gasteiger partial charge in [-0.1, -0.05) is 0 Å². The van der Waals surface area contributed by atoms with E-state index >= 15 is 0 Å². The molecule has 1 heterocycles. The summed E-state index contributed by atoms with van der Waals surface area (Å²) in [5.41, 5.74) is 0. The van der Waals surface area contributed by atoms with E-state index in [2.05, 4.69) is 22.8 Å². The van der Waals surface area contributed by atoms with Crippen molar-refractivity contribution >= 4 is 15.6 Å². The molecule has 15 heteroatoms. The summed E-state index contributed by atoms with van der Waals surface area (Å²) in [4.78, 5) is 28.1. The Bertz CT molecular complexity index is 374. The van der Waals surface area contributed by atoms with E-state index in [-0.39, 0.29) is 0 Å². The third kappa shape index (κ3) is 4.66. The molecule has 2 atom stereocenters. The molecule has 1 fully saturated rings. The van der Waals surface area contributed by atoms with E-state index in [1.54, 1.807) is 0 Å². The molecule has 1 aliphatic heterocycles. The molecule has 0 aromatic carbocycles. The number of nitrogens with zero attached hydrogens (tertiary/aromatic N) is 1. The molecule has 2 unspecified atom stereocenters. The molecule has 4 N–H and O–H groups in total. The van der Waals surface area contributed by atoms with Gasteiger partial charge in [0.25, 0.3) is 0 Å². The van der Waals surface area contributed by atoms with Crippen LogP contribution in [0.2, 0.25) is 0 Å². The Morgan fingerprint density at radius 3 is 2.39 bits per heavy atom. The Morgan fingerprint density at radius 1 is 1.44 bits per heavy atom. The molecular formula is C3H9NO12P2. The Hall–Kier alpha value is -0.460. The number of aliphatic hydroxyl groups is 2. The van der Waals surface area contributed by atoms with Crippen LogP contribution in [0.4, 0.5) is 0 Å². The molecule has 13 nitrogen and oxygen atoms in total. The van der Waals surface area contributed by atoms with Gasteiger partial charge in [-0.2, -0.15) is 0 Å². The SMILES string of the molecule is O=[N+]([O-])OP(=O)(OCC(O)CO)OP1(O)(O)OO1. The van der Waals surface area contributed by atoms with Crippen molar-refractivity contribution < 1.29 is 52.5 Å². The van der Waals surface area contributed by atoms with Gasteiger partial charge in [0.15, 0.2) is 0 Å². The third-order valence-corrected chi connectivity index (χ3v) is 4.56. The number of aliphatic hydroxyl groups excluding tert-OH is 2. The quantitative estimate of drug-likeness (QED) is 0.137. The van der Waals surface area contributed by atoms with Gasteiger partial charge in [0.2, 0.25) is 0 Å². The summed E-state index contributed by atoms with van der Waals surface area (Å²) >= 11 is 0. The van der Waals surface area contributed by atoms with E-state index in [1.807, 2.05) is 0 Å². The number of phosphoric acid groups is 1. The zero-order valence-corrected chi connectivity index (χ0v) is 10.2. The molecule has 1 saturated heterocycles. The maximum atomic E-state index is 11.6. The molecule has 0 bridgehead atoms. The van der Waals surface area contributed by atoms with Crippen molar-refractivity contribution in [2.24, 2.45) is 0 Å². The summed E-state index contributed by atoms with van der Waals surface area (Å²) in [6.07, 6.45) is -1.55. The fourth-order valence-electron chi connectivity index (χ4n) is 0.615. The van der Waals surface area contributed by atoms with Crippen molar-refractivity contribution in [1.82, 2.24) is 0 Å². The van der Waals surface area contributed by atoms with Crippen molar-refractivity contribution in [3.05, 3.63) is 10.1 Å². The monoisotopic (exact) mass is 313 g/mol. The molecule has 0 saturated carbocycles. The number of hydrogen-bond acceptors (Lipinski definition) is 12. The molecule has 0 amide bonds. The van der Waals surface area contributed by atoms with Crippen LogP contribution in [0.3, 0.4) is 0 Å². The van der Waals surface area contributed by atoms with Crippen molar-refractivity contribution in [2.75, 3.05) is 13.2 Å². The first-order valence-electron chi connectivity index (χ1n) is 4.07. The Morgan fingerprint density at radius 2 is 2.00 bits per heavy atom. The zero-order valence-electron chi connectivity index (χ0n) is 8.39. The van der Waals surface area contributed by atoms with Crippen molar-refractivity contribution in [1.29, 1.82) is 0 Å². The van der Waals surface area contributed by atoms with Crippen LogP contribution in [0.25, 0.3) is 0 Å². The van der Waals surface area contributed by atoms with Crippen LogP contribution in [0, 0.1) is 10.1 Å². The molecule has 108 valence electrons. The Labute approximate surface area is 98.4 Å². The van der Waals surface area contributed by atoms with E-state index in [1.165, 1.54) is 0 Å². The average Bonchev–Trinajstić information content (AvgIpc) is 2.84. The van der Waals surface area contributed by atoms with Gasteiger partial charge >= 0.3 is 97.5 Å². The van der Waals surface area contributed by atoms with Crippen LogP contribution in [-0.2, 0) is 27.4 Å². The number of rotatable bonds is 8. The summed E-state index contributed by atoms with van der Waals surface area (Å²) < 4.78 is 30.4. The van der Waals surface area contributed by atoms with E-state index in [9.17, 15) is 14.7 Å². The van der Waals surface area contributed by atoms with Gasteiger partial charge in [0, 0.05) is 0 Å². The van der Waals surface area contributed by atoms with Crippen LogP contribution >= 0.6 is 15.6 Å². The fraction of sp³-hybridized carbons (Fsp3) is 1.00. The summed E-state index contributed by atoms with van der Waals surface area (Å²) in [7, 11) is -10.7. The first-order valence-corrected chi connectivity index (χ1v) is 7.43. The summed E-state index contributed by atoms with van der Waals surface area (Å²) in [5, 5.41) is 25.8. The van der Waals surface area contributed by atoms with Crippen molar-refractivity contribution in [3.8, 4) is 0 Å². The Kier molecular flexibility index (Phi) is 4.25. The summed E-state index contributed by atoms with van der Waals surface area (Å²) in [6.45, 7) is -1.72. The molecule has 0 radical (unpaired) electrons. The second-order valence-electron chi connectivity index (χ2n) is 2.92. The van der Waals surface area contributed by atoms with Gasteiger partial charge in [0.05, 0.1) is 0 Å². The van der Waals surface area contributed by atoms with Gasteiger partial charge in [-0.15, -0.1) is 0 Å². The van der Waals surface area contributed by atoms with Crippen LogP contribution in [0.15, 0.2) is 0 Å². The second kappa shape index (κ2) is 4.90. The predicted octanol–water partition coefficient (Wildman–Crippen LogP) is -1.24. The van der Waals surface area contributed by atoms with Gasteiger partial charge < -0.3 is 0 Å². The molecule has 1 rings (SSSR count). The topological polar surface area (TPSA) is 194 Å². The van der Waals surface area contributed by atoms with Crippen LogP contribution < -0.4 is 0 Å². The van der Waals surface area contributed by atoms with E-state index < -0.39 is 40.0 Å². The molecule has 18 heavy (non-hydrogen) atoms. The maximum absolute atomic E-state index is 11.6. The van der Waals surface area contributed by atoms with Gasteiger partial charge in [0.1, 0.15) is 0 Å². The fourth-order valence-corrected chi connectivity index (χ4v) is 3.42. The molecule has 0 aliphatic carbocycles. The molecule has 0 aromatic heterocycles. The predicted molar refractivity (Wildman–Crippen MR) is 49.3 cm³/mol. The average molecular weight is 313 g/mol. The van der Waals surface area contributed by atoms with E-state index in [0.29, 0.717) is 0 Å². The van der Waals surface area contributed by atoms with Crippen molar-refractivity contribution in [2.45, 2.75) is 6.10 Å². The van der Waals surface area contributed by atoms with E-state index in [4.69, 9.17) is 20.0 Å².